The number of fused-ring (bicyclic) bond motifs is 1. The number of amides is 1. The fraction of sp³-hybridized carbons (Fsp3) is 0.533. The molecule has 1 unspecified atom stereocenters. The Bertz CT molecular complexity index is 707. The Morgan fingerprint density at radius 1 is 1.52 bits per heavy atom. The predicted octanol–water partition coefficient (Wildman–Crippen LogP) is 1.39. The van der Waals surface area contributed by atoms with Crippen molar-refractivity contribution >= 4 is 16.9 Å². The van der Waals surface area contributed by atoms with Gasteiger partial charge in [0.15, 0.2) is 5.65 Å². The zero-order chi connectivity index (χ0) is 15.2. The van der Waals surface area contributed by atoms with Crippen LogP contribution in [0.2, 0.25) is 0 Å². The number of nitrogens with zero attached hydrogens (tertiary/aromatic N) is 3. The second-order valence-electron chi connectivity index (χ2n) is 6.35. The van der Waals surface area contributed by atoms with Gasteiger partial charge in [-0.2, -0.15) is 5.10 Å². The third-order valence-corrected chi connectivity index (χ3v) is 4.40. The van der Waals surface area contributed by atoms with Crippen LogP contribution in [-0.2, 0) is 0 Å². The molecule has 2 aromatic heterocycles. The number of likely N-dealkylation sites (tertiary alicyclic amines) is 1. The number of aromatic nitrogens is 3. The maximum atomic E-state index is 12.9. The first-order valence-electron chi connectivity index (χ1n) is 7.25. The SMILES string of the molecule is Cc1cc(C(=O)N2CCC(C)(CN)C2)c2c(C)[nH]nc2n1. The van der Waals surface area contributed by atoms with Gasteiger partial charge < -0.3 is 10.6 Å². The third kappa shape index (κ3) is 2.29. The first-order valence-corrected chi connectivity index (χ1v) is 7.25. The van der Waals surface area contributed by atoms with Crippen LogP contribution < -0.4 is 5.73 Å². The standard InChI is InChI=1S/C15H21N5O/c1-9-6-11(12-10(2)18-19-13(12)17-9)14(21)20-5-4-15(3,7-16)8-20/h6H,4-5,7-8,16H2,1-3H3,(H,17,18,19). The van der Waals surface area contributed by atoms with E-state index in [2.05, 4.69) is 22.1 Å². The van der Waals surface area contributed by atoms with Crippen molar-refractivity contribution in [3.8, 4) is 0 Å². The van der Waals surface area contributed by atoms with Crippen molar-refractivity contribution in [2.75, 3.05) is 19.6 Å². The molecule has 3 heterocycles. The van der Waals surface area contributed by atoms with Crippen LogP contribution in [0.5, 0.6) is 0 Å². The Morgan fingerprint density at radius 3 is 2.95 bits per heavy atom. The average molecular weight is 287 g/mol. The Hall–Kier alpha value is -1.95. The van der Waals surface area contributed by atoms with Crippen LogP contribution in [-0.4, -0.2) is 45.6 Å². The topological polar surface area (TPSA) is 87.9 Å². The molecule has 3 N–H and O–H groups in total. The number of nitrogens with two attached hydrogens (primary N) is 1. The summed E-state index contributed by atoms with van der Waals surface area (Å²) in [4.78, 5) is 19.2. The van der Waals surface area contributed by atoms with Crippen LogP contribution in [0, 0.1) is 19.3 Å². The minimum atomic E-state index is 0.0301. The molecule has 1 aliphatic heterocycles. The summed E-state index contributed by atoms with van der Waals surface area (Å²) in [7, 11) is 0. The highest BCUT2D eigenvalue weighted by atomic mass is 16.2. The van der Waals surface area contributed by atoms with Crippen LogP contribution in [0.1, 0.15) is 35.1 Å². The fourth-order valence-electron chi connectivity index (χ4n) is 3.00. The molecule has 1 fully saturated rings. The number of carbonyl (C=O) groups is 1. The van der Waals surface area contributed by atoms with Gasteiger partial charge in [0.2, 0.25) is 0 Å². The van der Waals surface area contributed by atoms with Gasteiger partial charge in [0.05, 0.1) is 10.9 Å². The van der Waals surface area contributed by atoms with Gasteiger partial charge in [0, 0.05) is 24.5 Å². The fourth-order valence-corrected chi connectivity index (χ4v) is 3.00. The molecule has 1 saturated heterocycles. The second-order valence-corrected chi connectivity index (χ2v) is 6.35. The summed E-state index contributed by atoms with van der Waals surface area (Å²) in [5.74, 6) is 0.0483. The van der Waals surface area contributed by atoms with Gasteiger partial charge in [-0.3, -0.25) is 9.89 Å². The molecule has 112 valence electrons. The number of rotatable bonds is 2. The van der Waals surface area contributed by atoms with Gasteiger partial charge in [-0.1, -0.05) is 6.92 Å². The van der Waals surface area contributed by atoms with E-state index in [9.17, 15) is 4.79 Å². The number of hydrogen-bond acceptors (Lipinski definition) is 4. The molecule has 0 bridgehead atoms. The van der Waals surface area contributed by atoms with Crippen LogP contribution >= 0.6 is 0 Å². The van der Waals surface area contributed by atoms with E-state index in [4.69, 9.17) is 5.73 Å². The van der Waals surface area contributed by atoms with Crippen molar-refractivity contribution in [2.24, 2.45) is 11.1 Å². The summed E-state index contributed by atoms with van der Waals surface area (Å²) < 4.78 is 0. The lowest BCUT2D eigenvalue weighted by Crippen LogP contribution is -2.34. The lowest BCUT2D eigenvalue weighted by molar-refractivity contribution is 0.0778. The Balaban J connectivity index is 2.01. The molecule has 1 aliphatic rings. The average Bonchev–Trinajstić information content (AvgIpc) is 3.02. The van der Waals surface area contributed by atoms with Crippen LogP contribution in [0.4, 0.5) is 0 Å². The zero-order valence-corrected chi connectivity index (χ0v) is 12.7. The molecule has 0 saturated carbocycles. The molecule has 0 spiro atoms. The summed E-state index contributed by atoms with van der Waals surface area (Å²) in [5, 5.41) is 7.91. The summed E-state index contributed by atoms with van der Waals surface area (Å²) in [6.07, 6.45) is 0.951. The van der Waals surface area contributed by atoms with Crippen molar-refractivity contribution in [3.63, 3.8) is 0 Å². The highest BCUT2D eigenvalue weighted by molar-refractivity contribution is 6.06. The summed E-state index contributed by atoms with van der Waals surface area (Å²) >= 11 is 0. The number of carbonyl (C=O) groups excluding carboxylic acids is 1. The van der Waals surface area contributed by atoms with Gasteiger partial charge in [0.25, 0.3) is 5.91 Å². The van der Waals surface area contributed by atoms with Crippen LogP contribution in [0.15, 0.2) is 6.07 Å². The smallest absolute Gasteiger partial charge is 0.254 e. The molecule has 1 amide bonds. The second kappa shape index (κ2) is 4.80. The monoisotopic (exact) mass is 287 g/mol. The van der Waals surface area contributed by atoms with E-state index in [-0.39, 0.29) is 11.3 Å². The maximum absolute atomic E-state index is 12.9. The molecule has 1 atom stereocenters. The molecule has 6 nitrogen and oxygen atoms in total. The lowest BCUT2D eigenvalue weighted by Gasteiger charge is -2.22. The number of hydrogen-bond donors (Lipinski definition) is 2. The molecule has 0 aliphatic carbocycles. The molecular formula is C15H21N5O. The minimum absolute atomic E-state index is 0.0301. The molecule has 2 aromatic rings. The van der Waals surface area contributed by atoms with Crippen molar-refractivity contribution in [1.82, 2.24) is 20.1 Å². The van der Waals surface area contributed by atoms with Crippen molar-refractivity contribution in [1.29, 1.82) is 0 Å². The van der Waals surface area contributed by atoms with E-state index < -0.39 is 0 Å². The molecule has 6 heteroatoms. The first kappa shape index (κ1) is 14.0. The Morgan fingerprint density at radius 2 is 2.29 bits per heavy atom. The van der Waals surface area contributed by atoms with E-state index in [0.29, 0.717) is 24.3 Å². The van der Waals surface area contributed by atoms with E-state index in [1.807, 2.05) is 24.8 Å². The van der Waals surface area contributed by atoms with Crippen LogP contribution in [0.25, 0.3) is 11.0 Å². The highest BCUT2D eigenvalue weighted by Crippen LogP contribution is 2.31. The number of aromatic amines is 1. The Labute approximate surface area is 123 Å². The quantitative estimate of drug-likeness (QED) is 0.873. The van der Waals surface area contributed by atoms with Gasteiger partial charge in [0.1, 0.15) is 0 Å². The summed E-state index contributed by atoms with van der Waals surface area (Å²) in [5.41, 5.74) is 8.83. The minimum Gasteiger partial charge on any atom is -0.338 e. The third-order valence-electron chi connectivity index (χ3n) is 4.40. The van der Waals surface area contributed by atoms with Crippen molar-refractivity contribution in [2.45, 2.75) is 27.2 Å². The van der Waals surface area contributed by atoms with Crippen LogP contribution in [0.3, 0.4) is 0 Å². The van der Waals surface area contributed by atoms with E-state index >= 15 is 0 Å². The number of nitrogens with one attached hydrogen (secondary N) is 1. The van der Waals surface area contributed by atoms with Crippen molar-refractivity contribution in [3.05, 3.63) is 23.0 Å². The Kier molecular flexibility index (Phi) is 3.20. The van der Waals surface area contributed by atoms with Gasteiger partial charge >= 0.3 is 0 Å². The van der Waals surface area contributed by atoms with E-state index in [1.54, 1.807) is 0 Å². The summed E-state index contributed by atoms with van der Waals surface area (Å²) in [6, 6.07) is 1.85. The highest BCUT2D eigenvalue weighted by Gasteiger charge is 2.35. The van der Waals surface area contributed by atoms with Crippen molar-refractivity contribution < 1.29 is 4.79 Å². The van der Waals surface area contributed by atoms with Gasteiger partial charge in [-0.05, 0) is 38.3 Å². The van der Waals surface area contributed by atoms with E-state index in [1.165, 1.54) is 0 Å². The molecular weight excluding hydrogens is 266 g/mol. The largest absolute Gasteiger partial charge is 0.338 e. The van der Waals surface area contributed by atoms with Gasteiger partial charge in [-0.25, -0.2) is 4.98 Å². The first-order chi connectivity index (χ1) is 9.93. The number of aryl methyl sites for hydroxylation is 2. The number of pyridine rings is 1. The normalized spacial score (nSPS) is 22.2. The molecule has 21 heavy (non-hydrogen) atoms. The van der Waals surface area contributed by atoms with Gasteiger partial charge in [-0.15, -0.1) is 0 Å². The lowest BCUT2D eigenvalue weighted by atomic mass is 9.90. The molecule has 3 rings (SSSR count). The molecule has 0 radical (unpaired) electrons. The maximum Gasteiger partial charge on any atom is 0.254 e. The number of H-pyrrole nitrogens is 1. The predicted molar refractivity (Wildman–Crippen MR) is 81.0 cm³/mol. The summed E-state index contributed by atoms with van der Waals surface area (Å²) in [6.45, 7) is 8.00. The van der Waals surface area contributed by atoms with E-state index in [0.717, 1.165) is 29.7 Å². The molecule has 0 aromatic carbocycles. The zero-order valence-electron chi connectivity index (χ0n) is 12.7.